The van der Waals surface area contributed by atoms with Gasteiger partial charge in [-0.2, -0.15) is 0 Å². The molecular formula is C13H28ClNO3. The normalized spacial score (nSPS) is 12.0. The molecule has 0 rings (SSSR count). The quantitative estimate of drug-likeness (QED) is 0.414. The summed E-state index contributed by atoms with van der Waals surface area (Å²) in [5.74, 6) is 0.639. The van der Waals surface area contributed by atoms with Gasteiger partial charge < -0.3 is 19.5 Å². The van der Waals surface area contributed by atoms with Crippen LogP contribution in [0.2, 0.25) is 0 Å². The molecule has 0 aromatic carbocycles. The van der Waals surface area contributed by atoms with E-state index in [1.165, 1.54) is 0 Å². The lowest BCUT2D eigenvalue weighted by atomic mass is 9.95. The van der Waals surface area contributed by atoms with E-state index < -0.39 is 0 Å². The third-order valence-electron chi connectivity index (χ3n) is 3.16. The van der Waals surface area contributed by atoms with Crippen LogP contribution >= 0.6 is 11.6 Å². The third-order valence-corrected chi connectivity index (χ3v) is 3.67. The summed E-state index contributed by atoms with van der Waals surface area (Å²) in [6, 6.07) is 0. The van der Waals surface area contributed by atoms with Crippen molar-refractivity contribution in [2.75, 3.05) is 52.6 Å². The first kappa shape index (κ1) is 18.1. The van der Waals surface area contributed by atoms with Crippen molar-refractivity contribution < 1.29 is 14.2 Å². The van der Waals surface area contributed by atoms with Crippen LogP contribution in [0.1, 0.15) is 26.7 Å². The van der Waals surface area contributed by atoms with Crippen molar-refractivity contribution >= 4 is 11.6 Å². The van der Waals surface area contributed by atoms with E-state index in [1.807, 2.05) is 0 Å². The Bertz CT molecular complexity index is 169. The summed E-state index contributed by atoms with van der Waals surface area (Å²) in [6.07, 6.45) is 2.07. The molecule has 0 aliphatic carbocycles. The van der Waals surface area contributed by atoms with Gasteiger partial charge in [-0.05, 0) is 12.8 Å². The van der Waals surface area contributed by atoms with Gasteiger partial charge in [0.1, 0.15) is 0 Å². The fourth-order valence-corrected chi connectivity index (χ4v) is 2.06. The summed E-state index contributed by atoms with van der Waals surface area (Å²) in [4.78, 5) is 0. The van der Waals surface area contributed by atoms with E-state index in [1.54, 1.807) is 7.11 Å². The Morgan fingerprint density at radius 1 is 0.944 bits per heavy atom. The molecule has 0 aromatic heterocycles. The highest BCUT2D eigenvalue weighted by molar-refractivity contribution is 6.18. The van der Waals surface area contributed by atoms with E-state index in [0.717, 1.165) is 19.4 Å². The number of ether oxygens (including phenoxy) is 3. The number of nitrogens with one attached hydrogen (secondary N) is 1. The van der Waals surface area contributed by atoms with Crippen LogP contribution in [-0.2, 0) is 14.2 Å². The van der Waals surface area contributed by atoms with E-state index in [0.29, 0.717) is 38.9 Å². The van der Waals surface area contributed by atoms with Gasteiger partial charge in [0.05, 0.1) is 33.0 Å². The smallest absolute Gasteiger partial charge is 0.0701 e. The first-order valence-electron chi connectivity index (χ1n) is 6.70. The zero-order valence-electron chi connectivity index (χ0n) is 12.0. The zero-order valence-corrected chi connectivity index (χ0v) is 12.7. The topological polar surface area (TPSA) is 39.7 Å². The number of alkyl halides is 1. The summed E-state index contributed by atoms with van der Waals surface area (Å²) in [5, 5.41) is 3.48. The number of hydrogen-bond acceptors (Lipinski definition) is 4. The summed E-state index contributed by atoms with van der Waals surface area (Å²) < 4.78 is 15.6. The maximum atomic E-state index is 6.00. The predicted octanol–water partition coefficient (Wildman–Crippen LogP) is 2.05. The van der Waals surface area contributed by atoms with Crippen molar-refractivity contribution in [3.63, 3.8) is 0 Å². The molecule has 110 valence electrons. The van der Waals surface area contributed by atoms with Gasteiger partial charge in [0, 0.05) is 25.1 Å². The lowest BCUT2D eigenvalue weighted by molar-refractivity contribution is 0.0244. The average Bonchev–Trinajstić information content (AvgIpc) is 2.42. The second kappa shape index (κ2) is 12.2. The molecular weight excluding hydrogens is 254 g/mol. The molecule has 0 heterocycles. The third kappa shape index (κ3) is 8.27. The molecule has 0 aliphatic rings. The molecule has 0 fully saturated rings. The fourth-order valence-electron chi connectivity index (χ4n) is 1.59. The van der Waals surface area contributed by atoms with Crippen molar-refractivity contribution in [1.82, 2.24) is 5.32 Å². The monoisotopic (exact) mass is 281 g/mol. The molecule has 18 heavy (non-hydrogen) atoms. The number of methoxy groups -OCH3 is 1. The Hall–Kier alpha value is 0.130. The summed E-state index contributed by atoms with van der Waals surface area (Å²) in [5.41, 5.74) is 0.0554. The van der Waals surface area contributed by atoms with Crippen LogP contribution < -0.4 is 5.32 Å². The number of halogens is 1. The molecule has 0 radical (unpaired) electrons. The molecule has 4 nitrogen and oxygen atoms in total. The van der Waals surface area contributed by atoms with Crippen LogP contribution in [0.15, 0.2) is 0 Å². The molecule has 0 atom stereocenters. The second-order valence-corrected chi connectivity index (χ2v) is 4.53. The highest BCUT2D eigenvalue weighted by Crippen LogP contribution is 2.16. The fraction of sp³-hybridized carbons (Fsp3) is 1.00. The van der Waals surface area contributed by atoms with E-state index in [-0.39, 0.29) is 5.54 Å². The van der Waals surface area contributed by atoms with Crippen molar-refractivity contribution in [2.24, 2.45) is 0 Å². The van der Waals surface area contributed by atoms with E-state index in [4.69, 9.17) is 25.8 Å². The first-order chi connectivity index (χ1) is 8.74. The molecule has 0 amide bonds. The first-order valence-corrected chi connectivity index (χ1v) is 7.23. The highest BCUT2D eigenvalue weighted by Gasteiger charge is 2.23. The van der Waals surface area contributed by atoms with Crippen LogP contribution in [0.4, 0.5) is 0 Å². The molecule has 0 saturated heterocycles. The standard InChI is InChI=1S/C13H28ClNO3/c1-4-13(5-2,12-14)15-6-7-17-10-11-18-9-8-16-3/h15H,4-12H2,1-3H3. The molecule has 0 saturated carbocycles. The molecule has 5 heteroatoms. The van der Waals surface area contributed by atoms with Gasteiger partial charge in [0.2, 0.25) is 0 Å². The highest BCUT2D eigenvalue weighted by atomic mass is 35.5. The van der Waals surface area contributed by atoms with Gasteiger partial charge in [0.15, 0.2) is 0 Å². The van der Waals surface area contributed by atoms with Crippen molar-refractivity contribution in [3.05, 3.63) is 0 Å². The molecule has 0 unspecified atom stereocenters. The lowest BCUT2D eigenvalue weighted by Gasteiger charge is -2.30. The maximum absolute atomic E-state index is 6.00. The summed E-state index contributed by atoms with van der Waals surface area (Å²) >= 11 is 6.00. The van der Waals surface area contributed by atoms with Crippen LogP contribution in [0.5, 0.6) is 0 Å². The minimum atomic E-state index is 0.0554. The van der Waals surface area contributed by atoms with Gasteiger partial charge in [-0.3, -0.25) is 0 Å². The maximum Gasteiger partial charge on any atom is 0.0701 e. The predicted molar refractivity (Wildman–Crippen MR) is 75.5 cm³/mol. The Balaban J connectivity index is 3.38. The Morgan fingerprint density at radius 2 is 1.50 bits per heavy atom. The van der Waals surface area contributed by atoms with Gasteiger partial charge in [0.25, 0.3) is 0 Å². The summed E-state index contributed by atoms with van der Waals surface area (Å²) in [7, 11) is 1.66. The SMILES string of the molecule is CCC(CC)(CCl)NCCOCCOCCOC. The molecule has 0 aliphatic heterocycles. The van der Waals surface area contributed by atoms with Gasteiger partial charge in [-0.1, -0.05) is 13.8 Å². The molecule has 0 bridgehead atoms. The number of rotatable bonds is 13. The largest absolute Gasteiger partial charge is 0.382 e. The van der Waals surface area contributed by atoms with Crippen molar-refractivity contribution in [2.45, 2.75) is 32.2 Å². The number of hydrogen-bond donors (Lipinski definition) is 1. The summed E-state index contributed by atoms with van der Waals surface area (Å²) in [6.45, 7) is 8.32. The molecule has 0 aromatic rings. The van der Waals surface area contributed by atoms with E-state index in [9.17, 15) is 0 Å². The second-order valence-electron chi connectivity index (χ2n) is 4.27. The van der Waals surface area contributed by atoms with Crippen LogP contribution in [-0.4, -0.2) is 58.1 Å². The van der Waals surface area contributed by atoms with E-state index >= 15 is 0 Å². The Labute approximate surface area is 116 Å². The zero-order chi connectivity index (χ0) is 13.7. The van der Waals surface area contributed by atoms with Crippen molar-refractivity contribution in [1.29, 1.82) is 0 Å². The van der Waals surface area contributed by atoms with Gasteiger partial charge in [-0.25, -0.2) is 0 Å². The Kier molecular flexibility index (Phi) is 12.3. The average molecular weight is 282 g/mol. The van der Waals surface area contributed by atoms with Crippen LogP contribution in [0.25, 0.3) is 0 Å². The minimum Gasteiger partial charge on any atom is -0.382 e. The van der Waals surface area contributed by atoms with Crippen LogP contribution in [0.3, 0.4) is 0 Å². The van der Waals surface area contributed by atoms with Crippen LogP contribution in [0, 0.1) is 0 Å². The minimum absolute atomic E-state index is 0.0554. The lowest BCUT2D eigenvalue weighted by Crippen LogP contribution is -2.47. The molecule has 1 N–H and O–H groups in total. The molecule has 0 spiro atoms. The van der Waals surface area contributed by atoms with E-state index in [2.05, 4.69) is 19.2 Å². The van der Waals surface area contributed by atoms with Crippen molar-refractivity contribution in [3.8, 4) is 0 Å². The van der Waals surface area contributed by atoms with Gasteiger partial charge >= 0.3 is 0 Å². The Morgan fingerprint density at radius 3 is 2.00 bits per heavy atom. The van der Waals surface area contributed by atoms with Gasteiger partial charge in [-0.15, -0.1) is 11.6 Å².